The third-order valence-electron chi connectivity index (χ3n) is 3.69. The Bertz CT molecular complexity index is 1110. The summed E-state index contributed by atoms with van der Waals surface area (Å²) in [6.45, 7) is 0. The minimum atomic E-state index is 0.464. The van der Waals surface area contributed by atoms with Gasteiger partial charge in [-0.1, -0.05) is 18.2 Å². The number of rotatable bonds is 3. The number of furan rings is 1. The molecule has 0 saturated heterocycles. The van der Waals surface area contributed by atoms with E-state index in [0.29, 0.717) is 11.5 Å². The first-order valence-electron chi connectivity index (χ1n) is 7.51. The Labute approximate surface area is 157 Å². The van der Waals surface area contributed by atoms with E-state index in [2.05, 4.69) is 43.9 Å². The fourth-order valence-corrected chi connectivity index (χ4v) is 3.15. The Morgan fingerprint density at radius 3 is 2.84 bits per heavy atom. The van der Waals surface area contributed by atoms with Crippen molar-refractivity contribution in [3.05, 3.63) is 70.1 Å². The number of fused-ring (bicyclic) bond motifs is 1. The molecule has 6 heteroatoms. The van der Waals surface area contributed by atoms with E-state index in [4.69, 9.17) is 9.68 Å². The van der Waals surface area contributed by atoms with Crippen molar-refractivity contribution < 1.29 is 4.42 Å². The van der Waals surface area contributed by atoms with Gasteiger partial charge in [-0.25, -0.2) is 9.97 Å². The predicted octanol–water partition coefficient (Wildman–Crippen LogP) is 5.11. The van der Waals surface area contributed by atoms with E-state index in [9.17, 15) is 0 Å². The van der Waals surface area contributed by atoms with Gasteiger partial charge < -0.3 is 9.73 Å². The molecule has 0 fully saturated rings. The lowest BCUT2D eigenvalue weighted by Gasteiger charge is -2.07. The van der Waals surface area contributed by atoms with Gasteiger partial charge in [0.05, 0.1) is 17.3 Å². The maximum absolute atomic E-state index is 9.00. The Kier molecular flexibility index (Phi) is 4.07. The second kappa shape index (κ2) is 6.53. The number of halogens is 1. The van der Waals surface area contributed by atoms with Crippen molar-refractivity contribution in [2.45, 2.75) is 0 Å². The number of anilines is 2. The Morgan fingerprint density at radius 2 is 1.96 bits per heavy atom. The molecule has 0 aliphatic carbocycles. The Morgan fingerprint density at radius 1 is 1.08 bits per heavy atom. The fourth-order valence-electron chi connectivity index (χ4n) is 2.60. The SMILES string of the molecule is N#Cc1cccc(Nc2nccc(-c3cccc4cc(I)oc34)n2)c1. The van der Waals surface area contributed by atoms with Gasteiger partial charge in [-0.05, 0) is 59.0 Å². The molecule has 0 spiro atoms. The number of aromatic nitrogens is 2. The van der Waals surface area contributed by atoms with Crippen LogP contribution in [-0.4, -0.2) is 9.97 Å². The van der Waals surface area contributed by atoms with E-state index >= 15 is 0 Å². The van der Waals surface area contributed by atoms with Crippen LogP contribution in [0.15, 0.2) is 65.2 Å². The third-order valence-corrected chi connectivity index (χ3v) is 4.22. The lowest BCUT2D eigenvalue weighted by molar-refractivity contribution is 0.585. The second-order valence-corrected chi connectivity index (χ2v) is 6.42. The van der Waals surface area contributed by atoms with E-state index in [0.717, 1.165) is 31.7 Å². The quantitative estimate of drug-likeness (QED) is 0.450. The van der Waals surface area contributed by atoms with Gasteiger partial charge in [-0.15, -0.1) is 0 Å². The van der Waals surface area contributed by atoms with Crippen LogP contribution in [0.2, 0.25) is 0 Å². The summed E-state index contributed by atoms with van der Waals surface area (Å²) in [5, 5.41) is 13.2. The lowest BCUT2D eigenvalue weighted by Crippen LogP contribution is -1.98. The first-order chi connectivity index (χ1) is 12.2. The molecule has 0 atom stereocenters. The first-order valence-corrected chi connectivity index (χ1v) is 8.59. The standard InChI is InChI=1S/C19H11IN4O/c20-17-10-13-4-2-6-15(18(13)25-17)16-7-8-22-19(24-16)23-14-5-1-3-12(9-14)11-21/h1-10H,(H,22,23,24). The number of nitrogens with one attached hydrogen (secondary N) is 1. The first kappa shape index (κ1) is 15.6. The normalized spacial score (nSPS) is 10.6. The monoisotopic (exact) mass is 438 g/mol. The Hall–Kier alpha value is -2.92. The van der Waals surface area contributed by atoms with E-state index < -0.39 is 0 Å². The number of benzene rings is 2. The molecule has 0 aliphatic heterocycles. The average Bonchev–Trinajstić information content (AvgIpc) is 3.02. The largest absolute Gasteiger partial charge is 0.450 e. The summed E-state index contributed by atoms with van der Waals surface area (Å²) in [7, 11) is 0. The van der Waals surface area contributed by atoms with Crippen LogP contribution in [-0.2, 0) is 0 Å². The molecule has 120 valence electrons. The molecule has 25 heavy (non-hydrogen) atoms. The zero-order valence-corrected chi connectivity index (χ0v) is 15.1. The molecule has 4 aromatic rings. The van der Waals surface area contributed by atoms with E-state index in [1.165, 1.54) is 0 Å². The zero-order valence-electron chi connectivity index (χ0n) is 12.9. The van der Waals surface area contributed by atoms with Gasteiger partial charge in [0.15, 0.2) is 3.77 Å². The van der Waals surface area contributed by atoms with E-state index in [-0.39, 0.29) is 0 Å². The molecule has 0 unspecified atom stereocenters. The highest BCUT2D eigenvalue weighted by atomic mass is 127. The van der Waals surface area contributed by atoms with Crippen LogP contribution in [0.3, 0.4) is 0 Å². The molecule has 1 N–H and O–H groups in total. The van der Waals surface area contributed by atoms with Gasteiger partial charge in [0.1, 0.15) is 5.58 Å². The highest BCUT2D eigenvalue weighted by molar-refractivity contribution is 14.1. The van der Waals surface area contributed by atoms with Crippen LogP contribution in [0.25, 0.3) is 22.2 Å². The zero-order chi connectivity index (χ0) is 17.2. The lowest BCUT2D eigenvalue weighted by atomic mass is 10.1. The van der Waals surface area contributed by atoms with Crippen LogP contribution in [0.5, 0.6) is 0 Å². The van der Waals surface area contributed by atoms with Crippen LogP contribution >= 0.6 is 22.6 Å². The average molecular weight is 438 g/mol. The molecule has 5 nitrogen and oxygen atoms in total. The summed E-state index contributed by atoms with van der Waals surface area (Å²) < 4.78 is 6.65. The molecule has 0 amide bonds. The fraction of sp³-hybridized carbons (Fsp3) is 0. The van der Waals surface area contributed by atoms with Crippen molar-refractivity contribution >= 4 is 45.2 Å². The number of para-hydroxylation sites is 1. The molecule has 0 saturated carbocycles. The summed E-state index contributed by atoms with van der Waals surface area (Å²) in [5.74, 6) is 0.464. The summed E-state index contributed by atoms with van der Waals surface area (Å²) in [5.41, 5.74) is 3.84. The minimum Gasteiger partial charge on any atom is -0.450 e. The highest BCUT2D eigenvalue weighted by Gasteiger charge is 2.11. The Balaban J connectivity index is 1.73. The topological polar surface area (TPSA) is 74.7 Å². The van der Waals surface area contributed by atoms with Crippen LogP contribution in [0.4, 0.5) is 11.6 Å². The van der Waals surface area contributed by atoms with Gasteiger partial charge in [0.25, 0.3) is 0 Å². The number of hydrogen-bond donors (Lipinski definition) is 1. The highest BCUT2D eigenvalue weighted by Crippen LogP contribution is 2.30. The van der Waals surface area contributed by atoms with Crippen molar-refractivity contribution in [2.24, 2.45) is 0 Å². The van der Waals surface area contributed by atoms with Gasteiger partial charge >= 0.3 is 0 Å². The molecule has 0 aliphatic rings. The molecule has 4 rings (SSSR count). The van der Waals surface area contributed by atoms with Gasteiger partial charge in [-0.3, -0.25) is 0 Å². The second-order valence-electron chi connectivity index (χ2n) is 5.36. The summed E-state index contributed by atoms with van der Waals surface area (Å²) >= 11 is 2.16. The van der Waals surface area contributed by atoms with Crippen LogP contribution in [0.1, 0.15) is 5.56 Å². The summed E-state index contributed by atoms with van der Waals surface area (Å²) in [6.07, 6.45) is 1.70. The molecular weight excluding hydrogens is 427 g/mol. The summed E-state index contributed by atoms with van der Waals surface area (Å²) in [4.78, 5) is 8.85. The summed E-state index contributed by atoms with van der Waals surface area (Å²) in [6, 6.07) is 19.1. The maximum Gasteiger partial charge on any atom is 0.227 e. The van der Waals surface area contributed by atoms with E-state index in [1.54, 1.807) is 18.3 Å². The van der Waals surface area contributed by atoms with Crippen molar-refractivity contribution in [3.63, 3.8) is 0 Å². The number of nitriles is 1. The third kappa shape index (κ3) is 3.19. The molecular formula is C19H11IN4O. The number of nitrogens with zero attached hydrogens (tertiary/aromatic N) is 3. The van der Waals surface area contributed by atoms with Crippen molar-refractivity contribution in [1.82, 2.24) is 9.97 Å². The van der Waals surface area contributed by atoms with Crippen molar-refractivity contribution in [2.75, 3.05) is 5.32 Å². The molecule has 2 aromatic heterocycles. The molecule has 0 bridgehead atoms. The number of hydrogen-bond acceptors (Lipinski definition) is 5. The van der Waals surface area contributed by atoms with E-state index in [1.807, 2.05) is 42.5 Å². The molecule has 2 heterocycles. The van der Waals surface area contributed by atoms with Gasteiger partial charge in [0.2, 0.25) is 5.95 Å². The van der Waals surface area contributed by atoms with Gasteiger partial charge in [-0.2, -0.15) is 5.26 Å². The predicted molar refractivity (Wildman–Crippen MR) is 104 cm³/mol. The van der Waals surface area contributed by atoms with Crippen LogP contribution in [0, 0.1) is 15.1 Å². The smallest absolute Gasteiger partial charge is 0.227 e. The van der Waals surface area contributed by atoms with Crippen molar-refractivity contribution in [3.8, 4) is 17.3 Å². The van der Waals surface area contributed by atoms with Crippen molar-refractivity contribution in [1.29, 1.82) is 5.26 Å². The maximum atomic E-state index is 9.00. The minimum absolute atomic E-state index is 0.464. The molecule has 0 radical (unpaired) electrons. The molecule has 2 aromatic carbocycles. The van der Waals surface area contributed by atoms with Gasteiger partial charge in [0, 0.05) is 22.8 Å². The van der Waals surface area contributed by atoms with Crippen LogP contribution < -0.4 is 5.32 Å².